The maximum Gasteiger partial charge on any atom is 0.281 e. The molecule has 106 valence electrons. The minimum Gasteiger partial charge on any atom is -0.396 e. The van der Waals surface area contributed by atoms with Crippen molar-refractivity contribution in [1.82, 2.24) is 4.98 Å². The Bertz CT molecular complexity index is 745. The van der Waals surface area contributed by atoms with Gasteiger partial charge < -0.3 is 5.73 Å². The monoisotopic (exact) mass is 335 g/mol. The smallest absolute Gasteiger partial charge is 0.281 e. The van der Waals surface area contributed by atoms with Gasteiger partial charge in [-0.25, -0.2) is 9.37 Å². The maximum atomic E-state index is 13.0. The molecule has 0 saturated carbocycles. The summed E-state index contributed by atoms with van der Waals surface area (Å²) in [5, 5.41) is -0.711. The van der Waals surface area contributed by atoms with E-state index < -0.39 is 15.8 Å². The first kappa shape index (κ1) is 14.8. The van der Waals surface area contributed by atoms with Gasteiger partial charge in [0.2, 0.25) is 0 Å². The summed E-state index contributed by atoms with van der Waals surface area (Å²) >= 11 is 11.5. The number of nitrogens with two attached hydrogens (primary N) is 1. The zero-order valence-electron chi connectivity index (χ0n) is 9.77. The SMILES string of the molecule is Nc1cccnc1S(=O)(=O)Nc1c(Cl)cc(F)cc1Cl. The summed E-state index contributed by atoms with van der Waals surface area (Å²) in [5.74, 6) is -0.680. The third-order valence-electron chi connectivity index (χ3n) is 2.30. The fraction of sp³-hybridized carbons (Fsp3) is 0. The van der Waals surface area contributed by atoms with Crippen LogP contribution in [0.1, 0.15) is 0 Å². The van der Waals surface area contributed by atoms with Crippen LogP contribution in [0.4, 0.5) is 15.8 Å². The van der Waals surface area contributed by atoms with Crippen molar-refractivity contribution in [3.8, 4) is 0 Å². The standard InChI is InChI=1S/C11H8Cl2FN3O2S/c12-7-4-6(14)5-8(13)10(7)17-20(18,19)11-9(15)2-1-3-16-11/h1-5,17H,15H2. The van der Waals surface area contributed by atoms with Gasteiger partial charge in [0.15, 0.2) is 5.03 Å². The van der Waals surface area contributed by atoms with Gasteiger partial charge in [-0.05, 0) is 24.3 Å². The van der Waals surface area contributed by atoms with E-state index in [-0.39, 0.29) is 26.4 Å². The highest BCUT2D eigenvalue weighted by Crippen LogP contribution is 2.33. The quantitative estimate of drug-likeness (QED) is 0.902. The lowest BCUT2D eigenvalue weighted by Gasteiger charge is -2.11. The van der Waals surface area contributed by atoms with Crippen molar-refractivity contribution in [2.75, 3.05) is 10.5 Å². The van der Waals surface area contributed by atoms with E-state index in [1.54, 1.807) is 0 Å². The molecule has 0 saturated heterocycles. The van der Waals surface area contributed by atoms with E-state index in [1.807, 2.05) is 0 Å². The molecule has 9 heteroatoms. The van der Waals surface area contributed by atoms with Crippen LogP contribution in [0.5, 0.6) is 0 Å². The molecule has 20 heavy (non-hydrogen) atoms. The summed E-state index contributed by atoms with van der Waals surface area (Å²) in [6, 6.07) is 4.75. The molecule has 0 bridgehead atoms. The molecule has 0 atom stereocenters. The average molecular weight is 336 g/mol. The van der Waals surface area contributed by atoms with Gasteiger partial charge >= 0.3 is 0 Å². The Labute approximate surface area is 124 Å². The first-order valence-electron chi connectivity index (χ1n) is 5.19. The third-order valence-corrected chi connectivity index (χ3v) is 4.22. The van der Waals surface area contributed by atoms with Gasteiger partial charge in [-0.2, -0.15) is 8.42 Å². The van der Waals surface area contributed by atoms with Crippen molar-refractivity contribution in [1.29, 1.82) is 0 Å². The van der Waals surface area contributed by atoms with Gasteiger partial charge in [-0.1, -0.05) is 23.2 Å². The third kappa shape index (κ3) is 2.95. The second-order valence-corrected chi connectivity index (χ2v) is 6.16. The fourth-order valence-electron chi connectivity index (χ4n) is 1.45. The van der Waals surface area contributed by atoms with Gasteiger partial charge in [0.05, 0.1) is 21.4 Å². The van der Waals surface area contributed by atoms with Crippen LogP contribution in [0.15, 0.2) is 35.5 Å². The molecule has 0 amide bonds. The molecule has 2 aromatic rings. The van der Waals surface area contributed by atoms with Crippen LogP contribution in [-0.4, -0.2) is 13.4 Å². The number of nitrogen functional groups attached to an aromatic ring is 1. The Balaban J connectivity index is 2.47. The molecule has 3 N–H and O–H groups in total. The van der Waals surface area contributed by atoms with Crippen molar-refractivity contribution in [2.24, 2.45) is 0 Å². The first-order chi connectivity index (χ1) is 9.31. The van der Waals surface area contributed by atoms with Crippen LogP contribution < -0.4 is 10.5 Å². The number of rotatable bonds is 3. The van der Waals surface area contributed by atoms with Crippen LogP contribution in [0.3, 0.4) is 0 Å². The number of sulfonamides is 1. The number of halogens is 3. The molecule has 1 aromatic heterocycles. The molecule has 0 spiro atoms. The Kier molecular flexibility index (Phi) is 4.03. The topological polar surface area (TPSA) is 85.1 Å². The Morgan fingerprint density at radius 1 is 1.25 bits per heavy atom. The zero-order valence-corrected chi connectivity index (χ0v) is 12.1. The number of nitrogens with one attached hydrogen (secondary N) is 1. The van der Waals surface area contributed by atoms with E-state index in [9.17, 15) is 12.8 Å². The molecule has 0 aliphatic rings. The van der Waals surface area contributed by atoms with Gasteiger partial charge in [-0.15, -0.1) is 0 Å². The van der Waals surface area contributed by atoms with Crippen LogP contribution >= 0.6 is 23.2 Å². The molecule has 0 radical (unpaired) electrons. The number of anilines is 2. The van der Waals surface area contributed by atoms with Gasteiger partial charge in [0, 0.05) is 6.20 Å². The highest BCUT2D eigenvalue weighted by molar-refractivity contribution is 7.92. The lowest BCUT2D eigenvalue weighted by Crippen LogP contribution is -2.17. The molecule has 1 aromatic carbocycles. The van der Waals surface area contributed by atoms with Gasteiger partial charge in [0.25, 0.3) is 10.0 Å². The Morgan fingerprint density at radius 3 is 2.40 bits per heavy atom. The molecule has 0 aliphatic heterocycles. The summed E-state index contributed by atoms with van der Waals surface area (Å²) in [6.07, 6.45) is 1.28. The fourth-order valence-corrected chi connectivity index (χ4v) is 3.28. The van der Waals surface area contributed by atoms with E-state index in [2.05, 4.69) is 9.71 Å². The highest BCUT2D eigenvalue weighted by atomic mass is 35.5. The number of aromatic nitrogens is 1. The number of hydrogen-bond donors (Lipinski definition) is 2. The van der Waals surface area contributed by atoms with Crippen LogP contribution in [0.25, 0.3) is 0 Å². The predicted molar refractivity (Wildman–Crippen MR) is 75.9 cm³/mol. The molecule has 1 heterocycles. The van der Waals surface area contributed by atoms with Crippen molar-refractivity contribution in [3.63, 3.8) is 0 Å². The van der Waals surface area contributed by atoms with E-state index in [0.29, 0.717) is 0 Å². The number of nitrogens with zero attached hydrogens (tertiary/aromatic N) is 1. The van der Waals surface area contributed by atoms with Crippen LogP contribution in [0.2, 0.25) is 10.0 Å². The van der Waals surface area contributed by atoms with Gasteiger partial charge in [0.1, 0.15) is 5.82 Å². The van der Waals surface area contributed by atoms with Crippen molar-refractivity contribution in [3.05, 3.63) is 46.3 Å². The molecular formula is C11H8Cl2FN3O2S. The molecule has 0 fully saturated rings. The predicted octanol–water partition coefficient (Wildman–Crippen LogP) is 2.91. The number of pyridine rings is 1. The summed E-state index contributed by atoms with van der Waals surface area (Å²) < 4.78 is 39.5. The summed E-state index contributed by atoms with van der Waals surface area (Å²) in [6.45, 7) is 0. The van der Waals surface area contributed by atoms with Crippen LogP contribution in [0, 0.1) is 5.82 Å². The van der Waals surface area contributed by atoms with E-state index in [1.165, 1.54) is 18.3 Å². The van der Waals surface area contributed by atoms with Crippen molar-refractivity contribution in [2.45, 2.75) is 5.03 Å². The molecule has 0 unspecified atom stereocenters. The minimum absolute atomic E-state index is 0.0330. The van der Waals surface area contributed by atoms with Crippen molar-refractivity contribution < 1.29 is 12.8 Å². The Hall–Kier alpha value is -1.57. The van der Waals surface area contributed by atoms with E-state index >= 15 is 0 Å². The van der Waals surface area contributed by atoms with Gasteiger partial charge in [-0.3, -0.25) is 4.72 Å². The summed E-state index contributed by atoms with van der Waals surface area (Å²) in [5.41, 5.74) is 5.38. The minimum atomic E-state index is -4.08. The normalized spacial score (nSPS) is 11.3. The molecule has 0 aliphatic carbocycles. The maximum absolute atomic E-state index is 13.0. The average Bonchev–Trinajstić information content (AvgIpc) is 2.34. The lowest BCUT2D eigenvalue weighted by molar-refractivity contribution is 0.598. The number of benzene rings is 1. The summed E-state index contributed by atoms with van der Waals surface area (Å²) in [4.78, 5) is 3.69. The lowest BCUT2D eigenvalue weighted by atomic mass is 10.3. The first-order valence-corrected chi connectivity index (χ1v) is 7.43. The largest absolute Gasteiger partial charge is 0.396 e. The number of hydrogen-bond acceptors (Lipinski definition) is 4. The Morgan fingerprint density at radius 2 is 1.85 bits per heavy atom. The highest BCUT2D eigenvalue weighted by Gasteiger charge is 2.22. The van der Waals surface area contributed by atoms with Crippen LogP contribution in [-0.2, 0) is 10.0 Å². The summed E-state index contributed by atoms with van der Waals surface area (Å²) in [7, 11) is -4.08. The second-order valence-electron chi connectivity index (χ2n) is 3.75. The molecule has 2 rings (SSSR count). The van der Waals surface area contributed by atoms with Crippen molar-refractivity contribution >= 4 is 44.6 Å². The zero-order chi connectivity index (χ0) is 14.9. The van der Waals surface area contributed by atoms with E-state index in [4.69, 9.17) is 28.9 Å². The molecule has 5 nitrogen and oxygen atoms in total. The van der Waals surface area contributed by atoms with E-state index in [0.717, 1.165) is 12.1 Å². The second kappa shape index (κ2) is 5.43. The molecular weight excluding hydrogens is 328 g/mol.